The van der Waals surface area contributed by atoms with Crippen molar-refractivity contribution in [1.29, 1.82) is 0 Å². The number of aromatic nitrogens is 1. The highest BCUT2D eigenvalue weighted by Gasteiger charge is 2.32. The predicted molar refractivity (Wildman–Crippen MR) is 163 cm³/mol. The number of ether oxygens (including phenoxy) is 1. The lowest BCUT2D eigenvalue weighted by molar-refractivity contribution is -0.142. The summed E-state index contributed by atoms with van der Waals surface area (Å²) in [5.41, 5.74) is 1.18. The Labute approximate surface area is 257 Å². The summed E-state index contributed by atoms with van der Waals surface area (Å²) in [6.45, 7) is 1.91. The van der Waals surface area contributed by atoms with Crippen LogP contribution in [0.25, 0.3) is 10.6 Å². The van der Waals surface area contributed by atoms with Gasteiger partial charge in [-0.15, -0.1) is 11.3 Å². The number of benzene rings is 3. The lowest BCUT2D eigenvalue weighted by Gasteiger charge is -2.20. The van der Waals surface area contributed by atoms with Crippen LogP contribution in [0.1, 0.15) is 38.4 Å². The van der Waals surface area contributed by atoms with Crippen LogP contribution in [0, 0.1) is 0 Å². The van der Waals surface area contributed by atoms with Crippen molar-refractivity contribution >= 4 is 44.6 Å². The number of nitrogens with zero attached hydrogens (tertiary/aromatic N) is 2. The molecule has 11 nitrogen and oxygen atoms in total. The third-order valence-corrected chi connectivity index (χ3v) is 10.5. The number of sulfone groups is 1. The lowest BCUT2D eigenvalue weighted by atomic mass is 10.1. The molecule has 1 atom stereocenters. The second-order valence-electron chi connectivity index (χ2n) is 10.4. The molecule has 1 saturated heterocycles. The Bertz CT molecular complexity index is 1850. The third kappa shape index (κ3) is 5.94. The van der Waals surface area contributed by atoms with E-state index in [4.69, 9.17) is 4.74 Å². The Morgan fingerprint density at radius 1 is 1.09 bits per heavy atom. The fourth-order valence-electron chi connectivity index (χ4n) is 5.34. The molecule has 1 aromatic heterocycles. The van der Waals surface area contributed by atoms with Gasteiger partial charge in [-0.25, -0.2) is 13.4 Å². The summed E-state index contributed by atoms with van der Waals surface area (Å²) in [6.07, 6.45) is 3.22. The maximum Gasteiger partial charge on any atom is 0.320 e. The number of carboxylic acid groups (broad SMARTS) is 1. The van der Waals surface area contributed by atoms with Crippen molar-refractivity contribution in [2.24, 2.45) is 0 Å². The zero-order valence-corrected chi connectivity index (χ0v) is 25.0. The second kappa shape index (κ2) is 12.2. The molecule has 2 amide bonds. The third-order valence-electron chi connectivity index (χ3n) is 7.57. The molecule has 3 aromatic carbocycles. The van der Waals surface area contributed by atoms with Gasteiger partial charge in [-0.2, -0.15) is 0 Å². The topological polar surface area (TPSA) is 155 Å². The molecule has 44 heavy (non-hydrogen) atoms. The lowest BCUT2D eigenvalue weighted by Crippen LogP contribution is -2.38. The summed E-state index contributed by atoms with van der Waals surface area (Å²) in [5, 5.41) is 15.5. The first-order chi connectivity index (χ1) is 21.2. The van der Waals surface area contributed by atoms with Crippen LogP contribution in [0.5, 0.6) is 5.75 Å². The molecule has 226 valence electrons. The van der Waals surface area contributed by atoms with Crippen LogP contribution in [-0.4, -0.2) is 66.9 Å². The van der Waals surface area contributed by atoms with Crippen molar-refractivity contribution in [3.05, 3.63) is 88.9 Å². The van der Waals surface area contributed by atoms with Crippen molar-refractivity contribution in [3.63, 3.8) is 0 Å². The van der Waals surface area contributed by atoms with Crippen molar-refractivity contribution in [2.75, 3.05) is 25.0 Å². The average Bonchev–Trinajstić information content (AvgIpc) is 3.69. The van der Waals surface area contributed by atoms with Crippen molar-refractivity contribution < 1.29 is 32.6 Å². The SMILES string of the molecule is O=C(NCc1cnc(-c2ccc(OCCN3CCC[C@H]3C(=O)O)cc2)s1)c1ccc2c(c1)NC(=O)c1ccccc1S2(=O)=O. The smallest absolute Gasteiger partial charge is 0.320 e. The molecule has 0 radical (unpaired) electrons. The average molecular weight is 633 g/mol. The summed E-state index contributed by atoms with van der Waals surface area (Å²) in [5.74, 6) is -1.10. The molecule has 0 unspecified atom stereocenters. The normalized spacial score (nSPS) is 17.2. The van der Waals surface area contributed by atoms with E-state index in [9.17, 15) is 27.9 Å². The van der Waals surface area contributed by atoms with E-state index in [-0.39, 0.29) is 33.2 Å². The number of nitrogens with one attached hydrogen (secondary N) is 2. The molecule has 13 heteroatoms. The van der Waals surface area contributed by atoms with Gasteiger partial charge in [0.2, 0.25) is 9.84 Å². The number of fused-ring (bicyclic) bond motifs is 2. The number of amides is 2. The molecule has 2 aliphatic heterocycles. The number of likely N-dealkylation sites (tertiary alicyclic amines) is 1. The van der Waals surface area contributed by atoms with Gasteiger partial charge in [0.05, 0.1) is 27.6 Å². The first-order valence-corrected chi connectivity index (χ1v) is 16.2. The largest absolute Gasteiger partial charge is 0.492 e. The standard InChI is InChI=1S/C31H28N4O7S2/c36-28(20-9-12-27-24(16-20)34-29(37)23-4-1-2-6-26(23)44(27,40)41)32-17-22-18-33-30(43-22)19-7-10-21(11-8-19)42-15-14-35-13-3-5-25(35)31(38)39/h1-2,4,6-12,16,18,25H,3,5,13-15,17H2,(H,32,36)(H,34,37)(H,38,39)/t25-/m0/s1. The highest BCUT2D eigenvalue weighted by atomic mass is 32.2. The zero-order chi connectivity index (χ0) is 30.8. The van der Waals surface area contributed by atoms with Crippen LogP contribution in [0.15, 0.2) is 82.7 Å². The number of carbonyl (C=O) groups excluding carboxylic acids is 2. The summed E-state index contributed by atoms with van der Waals surface area (Å²) < 4.78 is 32.2. The van der Waals surface area contributed by atoms with Gasteiger partial charge < -0.3 is 20.5 Å². The van der Waals surface area contributed by atoms with Gasteiger partial charge in [0, 0.05) is 28.7 Å². The van der Waals surface area contributed by atoms with E-state index in [0.29, 0.717) is 25.3 Å². The predicted octanol–water partition coefficient (Wildman–Crippen LogP) is 4.07. The monoisotopic (exact) mass is 632 g/mol. The molecular weight excluding hydrogens is 604 g/mol. The minimum atomic E-state index is -3.96. The van der Waals surface area contributed by atoms with Crippen LogP contribution in [0.2, 0.25) is 0 Å². The van der Waals surface area contributed by atoms with Crippen molar-refractivity contribution in [2.45, 2.75) is 35.2 Å². The fourth-order valence-corrected chi connectivity index (χ4v) is 7.79. The van der Waals surface area contributed by atoms with Crippen LogP contribution in [0.3, 0.4) is 0 Å². The maximum atomic E-state index is 13.2. The number of thiazole rings is 1. The molecule has 3 N–H and O–H groups in total. The van der Waals surface area contributed by atoms with Crippen LogP contribution >= 0.6 is 11.3 Å². The van der Waals surface area contributed by atoms with Crippen molar-refractivity contribution in [3.8, 4) is 16.3 Å². The van der Waals surface area contributed by atoms with E-state index in [1.54, 1.807) is 18.3 Å². The van der Waals surface area contributed by atoms with E-state index >= 15 is 0 Å². The van der Waals surface area contributed by atoms with Gasteiger partial charge in [-0.3, -0.25) is 19.3 Å². The van der Waals surface area contributed by atoms with Crippen LogP contribution in [-0.2, 0) is 21.2 Å². The molecule has 0 saturated carbocycles. The van der Waals surface area contributed by atoms with Gasteiger partial charge in [-0.05, 0) is 74.0 Å². The number of carboxylic acids is 1. The summed E-state index contributed by atoms with van der Waals surface area (Å²) in [6, 6.07) is 17.1. The molecular formula is C31H28N4O7S2. The highest BCUT2D eigenvalue weighted by Crippen LogP contribution is 2.34. The Kier molecular flexibility index (Phi) is 8.17. The number of carbonyl (C=O) groups is 3. The molecule has 0 bridgehead atoms. The fraction of sp³-hybridized carbons (Fsp3) is 0.226. The first kappa shape index (κ1) is 29.5. The summed E-state index contributed by atoms with van der Waals surface area (Å²) in [7, 11) is -3.96. The number of hydrogen-bond acceptors (Lipinski definition) is 9. The van der Waals surface area contributed by atoms with Crippen LogP contribution in [0.4, 0.5) is 5.69 Å². The van der Waals surface area contributed by atoms with E-state index in [0.717, 1.165) is 28.4 Å². The molecule has 4 aromatic rings. The number of hydrogen-bond donors (Lipinski definition) is 3. The summed E-state index contributed by atoms with van der Waals surface area (Å²) >= 11 is 1.42. The maximum absolute atomic E-state index is 13.2. The molecule has 0 spiro atoms. The Balaban J connectivity index is 1.05. The highest BCUT2D eigenvalue weighted by molar-refractivity contribution is 7.91. The first-order valence-electron chi connectivity index (χ1n) is 13.9. The minimum absolute atomic E-state index is 0.0473. The van der Waals surface area contributed by atoms with Gasteiger partial charge in [-0.1, -0.05) is 12.1 Å². The molecule has 1 fully saturated rings. The zero-order valence-electron chi connectivity index (χ0n) is 23.4. The van der Waals surface area contributed by atoms with Gasteiger partial charge in [0.1, 0.15) is 23.4 Å². The quantitative estimate of drug-likeness (QED) is 0.248. The number of rotatable bonds is 9. The van der Waals surface area contributed by atoms with Gasteiger partial charge >= 0.3 is 5.97 Å². The van der Waals surface area contributed by atoms with E-state index in [1.807, 2.05) is 29.2 Å². The van der Waals surface area contributed by atoms with E-state index in [2.05, 4.69) is 15.6 Å². The van der Waals surface area contributed by atoms with E-state index < -0.39 is 33.7 Å². The molecule has 3 heterocycles. The Morgan fingerprint density at radius 2 is 1.89 bits per heavy atom. The number of anilines is 1. The van der Waals surface area contributed by atoms with E-state index in [1.165, 1.54) is 41.7 Å². The van der Waals surface area contributed by atoms with Gasteiger partial charge in [0.25, 0.3) is 11.8 Å². The molecule has 0 aliphatic carbocycles. The minimum Gasteiger partial charge on any atom is -0.492 e. The van der Waals surface area contributed by atoms with Gasteiger partial charge in [0.15, 0.2) is 0 Å². The second-order valence-corrected chi connectivity index (χ2v) is 13.4. The molecule has 6 rings (SSSR count). The van der Waals surface area contributed by atoms with Crippen molar-refractivity contribution in [1.82, 2.24) is 15.2 Å². The van der Waals surface area contributed by atoms with Crippen LogP contribution < -0.4 is 15.4 Å². The number of aliphatic carboxylic acids is 1. The Hall–Kier alpha value is -4.59. The Morgan fingerprint density at radius 3 is 2.68 bits per heavy atom. The summed E-state index contributed by atoms with van der Waals surface area (Å²) in [4.78, 5) is 44.1. The molecule has 2 aliphatic rings.